The zero-order chi connectivity index (χ0) is 19.9. The van der Waals surface area contributed by atoms with Crippen LogP contribution in [0, 0.1) is 0 Å². The molecule has 6 heteroatoms. The molecule has 2 aliphatic heterocycles. The van der Waals surface area contributed by atoms with Crippen LogP contribution in [0.15, 0.2) is 60.0 Å². The lowest BCUT2D eigenvalue weighted by Gasteiger charge is -2.30. The van der Waals surface area contributed by atoms with Crippen molar-refractivity contribution >= 4 is 17.6 Å². The molecule has 1 aromatic carbocycles. The summed E-state index contributed by atoms with van der Waals surface area (Å²) < 4.78 is 9.87. The molecule has 148 valence electrons. The lowest BCUT2D eigenvalue weighted by Crippen LogP contribution is -2.31. The van der Waals surface area contributed by atoms with E-state index in [4.69, 9.17) is 9.47 Å². The van der Waals surface area contributed by atoms with Gasteiger partial charge in [-0.25, -0.2) is 9.59 Å². The molecule has 0 saturated carbocycles. The molecule has 0 bridgehead atoms. The van der Waals surface area contributed by atoms with E-state index in [1.54, 1.807) is 29.3 Å². The van der Waals surface area contributed by atoms with Crippen LogP contribution in [0.5, 0.6) is 0 Å². The fourth-order valence-corrected chi connectivity index (χ4v) is 3.59. The molecule has 28 heavy (non-hydrogen) atoms. The van der Waals surface area contributed by atoms with Crippen molar-refractivity contribution in [2.45, 2.75) is 25.8 Å². The molecule has 0 amide bonds. The molecule has 0 atom stereocenters. The van der Waals surface area contributed by atoms with Crippen molar-refractivity contribution in [2.75, 3.05) is 32.2 Å². The molecule has 2 heterocycles. The third-order valence-electron chi connectivity index (χ3n) is 4.98. The van der Waals surface area contributed by atoms with E-state index < -0.39 is 11.9 Å². The average Bonchev–Trinajstić information content (AvgIpc) is 2.96. The summed E-state index contributed by atoms with van der Waals surface area (Å²) in [5.41, 5.74) is 2.23. The van der Waals surface area contributed by atoms with Crippen LogP contribution in [0.4, 0.5) is 5.69 Å². The van der Waals surface area contributed by atoms with Crippen molar-refractivity contribution in [3.05, 3.63) is 65.5 Å². The van der Waals surface area contributed by atoms with Crippen LogP contribution in [-0.2, 0) is 25.6 Å². The van der Waals surface area contributed by atoms with Gasteiger partial charge < -0.3 is 14.4 Å². The minimum atomic E-state index is -0.593. The number of ether oxygens (including phenoxy) is 2. The summed E-state index contributed by atoms with van der Waals surface area (Å²) in [5.74, 6) is -1.18. The van der Waals surface area contributed by atoms with Crippen LogP contribution in [0.25, 0.3) is 0 Å². The Morgan fingerprint density at radius 3 is 2.39 bits per heavy atom. The molecule has 0 N–H and O–H groups in total. The van der Waals surface area contributed by atoms with E-state index >= 15 is 0 Å². The molecular weight excluding hydrogens is 356 g/mol. The van der Waals surface area contributed by atoms with E-state index in [1.165, 1.54) is 33.5 Å². The topological polar surface area (TPSA) is 59.1 Å². The first-order chi connectivity index (χ1) is 13.7. The van der Waals surface area contributed by atoms with Gasteiger partial charge in [0, 0.05) is 12.7 Å². The predicted octanol–water partition coefficient (Wildman–Crippen LogP) is 3.16. The number of hydrogen-bond acceptors (Lipinski definition) is 6. The number of allylic oxidation sites excluding steroid dienone is 2. The summed E-state index contributed by atoms with van der Waals surface area (Å²) in [4.78, 5) is 29.1. The quantitative estimate of drug-likeness (QED) is 0.729. The second-order valence-corrected chi connectivity index (χ2v) is 6.78. The number of likely N-dealkylation sites (tertiary alicyclic amines) is 1. The largest absolute Gasteiger partial charge is 0.465 e. The number of carbonyl (C=O) groups excluding carboxylic acids is 2. The van der Waals surface area contributed by atoms with Gasteiger partial charge >= 0.3 is 11.9 Å². The van der Waals surface area contributed by atoms with E-state index in [1.807, 2.05) is 18.2 Å². The fraction of sp³-hybridized carbons (Fsp3) is 0.364. The minimum Gasteiger partial charge on any atom is -0.465 e. The Balaban J connectivity index is 2.05. The number of anilines is 1. The van der Waals surface area contributed by atoms with Crippen LogP contribution in [-0.4, -0.2) is 44.1 Å². The highest BCUT2D eigenvalue weighted by Crippen LogP contribution is 2.30. The number of esters is 2. The first kappa shape index (κ1) is 19.9. The summed E-state index contributed by atoms with van der Waals surface area (Å²) in [6.07, 6.45) is 10.5. The van der Waals surface area contributed by atoms with Crippen LogP contribution < -0.4 is 4.90 Å². The number of hydrogen-bond donors (Lipinski definition) is 0. The van der Waals surface area contributed by atoms with Crippen molar-refractivity contribution in [3.8, 4) is 0 Å². The number of nitrogens with zero attached hydrogens (tertiary/aromatic N) is 2. The van der Waals surface area contributed by atoms with Gasteiger partial charge in [-0.1, -0.05) is 30.7 Å². The molecule has 3 rings (SSSR count). The minimum absolute atomic E-state index is 0.144. The molecule has 0 aromatic heterocycles. The van der Waals surface area contributed by atoms with Crippen LogP contribution in [0.3, 0.4) is 0 Å². The number of para-hydroxylation sites is 1. The maximum Gasteiger partial charge on any atom is 0.355 e. The highest BCUT2D eigenvalue weighted by atomic mass is 16.5. The second-order valence-electron chi connectivity index (χ2n) is 6.78. The summed E-state index contributed by atoms with van der Waals surface area (Å²) >= 11 is 0. The summed E-state index contributed by atoms with van der Waals surface area (Å²) in [5, 5.41) is 0. The zero-order valence-electron chi connectivity index (χ0n) is 16.4. The van der Waals surface area contributed by atoms with Gasteiger partial charge in [-0.2, -0.15) is 0 Å². The normalized spacial score (nSPS) is 17.4. The maximum atomic E-state index is 12.6. The van der Waals surface area contributed by atoms with Gasteiger partial charge in [-0.3, -0.25) is 4.90 Å². The Hall–Kier alpha value is -2.86. The van der Waals surface area contributed by atoms with E-state index in [0.717, 1.165) is 30.9 Å². The van der Waals surface area contributed by atoms with Gasteiger partial charge in [0.05, 0.1) is 25.5 Å². The number of benzene rings is 1. The second kappa shape index (κ2) is 9.37. The van der Waals surface area contributed by atoms with Crippen LogP contribution in [0.1, 0.15) is 24.8 Å². The first-order valence-electron chi connectivity index (χ1n) is 9.51. The maximum absolute atomic E-state index is 12.6. The Morgan fingerprint density at radius 2 is 1.68 bits per heavy atom. The Kier molecular flexibility index (Phi) is 6.66. The van der Waals surface area contributed by atoms with E-state index in [-0.39, 0.29) is 11.3 Å². The fourth-order valence-electron chi connectivity index (χ4n) is 3.59. The Morgan fingerprint density at radius 1 is 0.964 bits per heavy atom. The Labute approximate surface area is 165 Å². The number of piperidine rings is 1. The molecule has 0 unspecified atom stereocenters. The number of carbonyl (C=O) groups is 2. The van der Waals surface area contributed by atoms with Gasteiger partial charge in [-0.05, 0) is 49.7 Å². The lowest BCUT2D eigenvalue weighted by molar-refractivity contribution is -0.139. The molecule has 0 aliphatic carbocycles. The third kappa shape index (κ3) is 4.34. The lowest BCUT2D eigenvalue weighted by atomic mass is 10.1. The molecule has 1 saturated heterocycles. The van der Waals surface area contributed by atoms with Crippen LogP contribution in [0.2, 0.25) is 0 Å². The van der Waals surface area contributed by atoms with Crippen molar-refractivity contribution in [1.29, 1.82) is 0 Å². The van der Waals surface area contributed by atoms with Gasteiger partial charge in [-0.15, -0.1) is 0 Å². The molecule has 2 aliphatic rings. The molecular formula is C22H26N2O4. The monoisotopic (exact) mass is 382 g/mol. The van der Waals surface area contributed by atoms with E-state index in [0.29, 0.717) is 0 Å². The van der Waals surface area contributed by atoms with Gasteiger partial charge in [0.1, 0.15) is 5.70 Å². The predicted molar refractivity (Wildman–Crippen MR) is 107 cm³/mol. The summed E-state index contributed by atoms with van der Waals surface area (Å²) in [6.45, 7) is 2.92. The summed E-state index contributed by atoms with van der Waals surface area (Å²) in [6, 6.07) is 7.93. The van der Waals surface area contributed by atoms with E-state index in [9.17, 15) is 9.59 Å². The van der Waals surface area contributed by atoms with Gasteiger partial charge in [0.15, 0.2) is 0 Å². The zero-order valence-corrected chi connectivity index (χ0v) is 16.4. The highest BCUT2D eigenvalue weighted by molar-refractivity contribution is 6.05. The van der Waals surface area contributed by atoms with Crippen molar-refractivity contribution in [3.63, 3.8) is 0 Å². The molecule has 0 spiro atoms. The van der Waals surface area contributed by atoms with Crippen molar-refractivity contribution in [2.24, 2.45) is 0 Å². The molecule has 1 aromatic rings. The third-order valence-corrected chi connectivity index (χ3v) is 4.98. The standard InChI is InChI=1S/C22H26N2O4/c1-27-21(25)18-11-6-9-15-24(20(18)22(26)28-2)19-12-5-4-10-17(19)16-23-13-7-3-8-14-23/h4-6,9-12,15H,3,7-8,13-14,16H2,1-2H3. The molecule has 6 nitrogen and oxygen atoms in total. The molecule has 1 fully saturated rings. The first-order valence-corrected chi connectivity index (χ1v) is 9.51. The SMILES string of the molecule is COC(=O)C1=C(C(=O)OC)N(c2ccccc2CN2CCCCC2)C=CC=C1. The van der Waals surface area contributed by atoms with Gasteiger partial charge in [0.25, 0.3) is 0 Å². The van der Waals surface area contributed by atoms with Gasteiger partial charge in [0.2, 0.25) is 0 Å². The number of rotatable bonds is 5. The van der Waals surface area contributed by atoms with Crippen molar-refractivity contribution in [1.82, 2.24) is 4.90 Å². The van der Waals surface area contributed by atoms with Crippen molar-refractivity contribution < 1.29 is 19.1 Å². The Bertz CT molecular complexity index is 820. The average molecular weight is 382 g/mol. The smallest absolute Gasteiger partial charge is 0.355 e. The van der Waals surface area contributed by atoms with E-state index in [2.05, 4.69) is 11.0 Å². The number of methoxy groups -OCH3 is 2. The molecule has 0 radical (unpaired) electrons. The van der Waals surface area contributed by atoms with Crippen LogP contribution >= 0.6 is 0 Å². The highest BCUT2D eigenvalue weighted by Gasteiger charge is 2.28. The summed E-state index contributed by atoms with van der Waals surface area (Å²) in [7, 11) is 2.60.